The number of methoxy groups -OCH3 is 2. The fourth-order valence-corrected chi connectivity index (χ4v) is 5.45. The van der Waals surface area contributed by atoms with Crippen molar-refractivity contribution in [3.05, 3.63) is 142 Å². The second-order valence-corrected chi connectivity index (χ2v) is 9.95. The number of hydrogen-bond acceptors (Lipinski definition) is 6. The van der Waals surface area contributed by atoms with Crippen LogP contribution < -0.4 is 15.2 Å². The summed E-state index contributed by atoms with van der Waals surface area (Å²) in [6.45, 7) is 4.11. The molecule has 0 amide bonds. The molecule has 4 aromatic carbocycles. The van der Waals surface area contributed by atoms with Gasteiger partial charge in [0, 0.05) is 0 Å². The monoisotopic (exact) mass is 528 g/mol. The topological polar surface area (TPSA) is 83.9 Å². The highest BCUT2D eigenvalue weighted by Crippen LogP contribution is 2.57. The van der Waals surface area contributed by atoms with Gasteiger partial charge in [-0.1, -0.05) is 71.8 Å². The number of benzene rings is 4. The maximum Gasteiger partial charge on any atom is 0.136 e. The third kappa shape index (κ3) is 4.56. The van der Waals surface area contributed by atoms with E-state index in [2.05, 4.69) is 68.4 Å². The van der Waals surface area contributed by atoms with Gasteiger partial charge >= 0.3 is 0 Å². The number of nitriles is 1. The molecule has 0 radical (unpaired) electrons. The van der Waals surface area contributed by atoms with Gasteiger partial charge in [0.15, 0.2) is 0 Å². The van der Waals surface area contributed by atoms with E-state index in [1.807, 2.05) is 48.5 Å². The first kappa shape index (κ1) is 26.6. The van der Waals surface area contributed by atoms with Crippen molar-refractivity contribution in [1.29, 1.82) is 5.26 Å². The van der Waals surface area contributed by atoms with Gasteiger partial charge in [0.25, 0.3) is 0 Å². The van der Waals surface area contributed by atoms with Crippen LogP contribution in [0.4, 0.5) is 0 Å². The van der Waals surface area contributed by atoms with Gasteiger partial charge in [0.2, 0.25) is 0 Å². The first-order valence-electron chi connectivity index (χ1n) is 13.1. The third-order valence-corrected chi connectivity index (χ3v) is 7.56. The lowest BCUT2D eigenvalue weighted by Crippen LogP contribution is -2.38. The molecule has 0 bridgehead atoms. The summed E-state index contributed by atoms with van der Waals surface area (Å²) in [6.07, 6.45) is 1.76. The summed E-state index contributed by atoms with van der Waals surface area (Å²) in [4.78, 5) is 0. The molecule has 4 aromatic rings. The van der Waals surface area contributed by atoms with Crippen LogP contribution in [0.3, 0.4) is 0 Å². The van der Waals surface area contributed by atoms with E-state index in [4.69, 9.17) is 20.3 Å². The SMILES string of the molecule is COc1ccc(/C=N/N2C(N)=C(C#N)C(c3ccc(C)cc3)(c3ccc(C)cc3)C2c2ccc(OC)cc2)cc1. The quantitative estimate of drug-likeness (QED) is 0.281. The summed E-state index contributed by atoms with van der Waals surface area (Å²) in [5.41, 5.74) is 12.4. The van der Waals surface area contributed by atoms with E-state index < -0.39 is 11.5 Å². The first-order valence-corrected chi connectivity index (χ1v) is 13.1. The first-order chi connectivity index (χ1) is 19.4. The van der Waals surface area contributed by atoms with Crippen molar-refractivity contribution in [3.63, 3.8) is 0 Å². The van der Waals surface area contributed by atoms with Crippen LogP contribution in [0.25, 0.3) is 0 Å². The minimum atomic E-state index is -0.925. The lowest BCUT2D eigenvalue weighted by Gasteiger charge is -2.39. The van der Waals surface area contributed by atoms with Gasteiger partial charge in [-0.15, -0.1) is 0 Å². The highest BCUT2D eigenvalue weighted by atomic mass is 16.5. The van der Waals surface area contributed by atoms with E-state index in [0.717, 1.165) is 44.9 Å². The maximum atomic E-state index is 10.7. The standard InChI is InChI=1S/C34H32N4O2/c1-23-5-13-27(14-6-23)34(28-15-7-24(2)8-16-28)31(21-35)33(36)38(32(34)26-11-19-30(40-4)20-12-26)37-22-25-9-17-29(39-3)18-10-25/h5-20,22,32H,36H2,1-4H3/b37-22+. The van der Waals surface area contributed by atoms with Crippen molar-refractivity contribution in [1.82, 2.24) is 5.01 Å². The Bertz CT molecular complexity index is 1540. The Morgan fingerprint density at radius 1 is 0.775 bits per heavy atom. The number of nitrogens with zero attached hydrogens (tertiary/aromatic N) is 3. The molecule has 5 rings (SSSR count). The van der Waals surface area contributed by atoms with Crippen LogP contribution in [0.2, 0.25) is 0 Å². The molecule has 0 fully saturated rings. The number of ether oxygens (including phenoxy) is 2. The molecular formula is C34H32N4O2. The molecule has 6 nitrogen and oxygen atoms in total. The molecular weight excluding hydrogens is 496 g/mol. The second-order valence-electron chi connectivity index (χ2n) is 9.95. The molecule has 1 heterocycles. The molecule has 1 unspecified atom stereocenters. The molecule has 1 atom stereocenters. The molecule has 1 aliphatic rings. The van der Waals surface area contributed by atoms with E-state index in [9.17, 15) is 5.26 Å². The van der Waals surface area contributed by atoms with Gasteiger partial charge in [-0.2, -0.15) is 10.4 Å². The van der Waals surface area contributed by atoms with Crippen molar-refractivity contribution in [3.8, 4) is 17.6 Å². The van der Waals surface area contributed by atoms with E-state index in [1.54, 1.807) is 25.4 Å². The molecule has 0 saturated heterocycles. The number of hydrazone groups is 1. The van der Waals surface area contributed by atoms with Crippen molar-refractivity contribution >= 4 is 6.21 Å². The number of aryl methyl sites for hydroxylation is 2. The summed E-state index contributed by atoms with van der Waals surface area (Å²) in [6, 6.07) is 34.2. The van der Waals surface area contributed by atoms with Crippen molar-refractivity contribution in [2.45, 2.75) is 25.3 Å². The number of hydrogen-bond donors (Lipinski definition) is 1. The summed E-state index contributed by atoms with van der Waals surface area (Å²) in [5.74, 6) is 1.82. The lowest BCUT2D eigenvalue weighted by atomic mass is 9.64. The van der Waals surface area contributed by atoms with Gasteiger partial charge in [-0.25, -0.2) is 5.01 Å². The molecule has 0 spiro atoms. The zero-order valence-corrected chi connectivity index (χ0v) is 23.1. The average molecular weight is 529 g/mol. The average Bonchev–Trinajstić information content (AvgIpc) is 3.24. The molecule has 0 aliphatic carbocycles. The van der Waals surface area contributed by atoms with Gasteiger partial charge in [0.05, 0.1) is 43.5 Å². The molecule has 40 heavy (non-hydrogen) atoms. The molecule has 0 aromatic heterocycles. The van der Waals surface area contributed by atoms with E-state index in [0.29, 0.717) is 11.4 Å². The van der Waals surface area contributed by atoms with E-state index >= 15 is 0 Å². The maximum absolute atomic E-state index is 10.7. The molecule has 200 valence electrons. The van der Waals surface area contributed by atoms with Crippen LogP contribution >= 0.6 is 0 Å². The number of rotatable bonds is 7. The van der Waals surface area contributed by atoms with Gasteiger partial charge < -0.3 is 15.2 Å². The molecule has 6 heteroatoms. The predicted molar refractivity (Wildman–Crippen MR) is 158 cm³/mol. The zero-order valence-electron chi connectivity index (χ0n) is 23.1. The minimum Gasteiger partial charge on any atom is -0.497 e. The highest BCUT2D eigenvalue weighted by Gasteiger charge is 2.56. The Hall–Kier alpha value is -5.02. The Morgan fingerprint density at radius 2 is 1.25 bits per heavy atom. The van der Waals surface area contributed by atoms with Gasteiger partial charge in [0.1, 0.15) is 17.3 Å². The Kier molecular flexibility index (Phi) is 7.31. The summed E-state index contributed by atoms with van der Waals surface area (Å²) < 4.78 is 10.8. The van der Waals surface area contributed by atoms with Gasteiger partial charge in [-0.3, -0.25) is 0 Å². The zero-order chi connectivity index (χ0) is 28.3. The predicted octanol–water partition coefficient (Wildman–Crippen LogP) is 6.39. The third-order valence-electron chi connectivity index (χ3n) is 7.56. The number of nitrogens with two attached hydrogens (primary N) is 1. The van der Waals surface area contributed by atoms with Crippen LogP contribution in [0.15, 0.2) is 114 Å². The minimum absolute atomic E-state index is 0.314. The second kappa shape index (κ2) is 11.0. The van der Waals surface area contributed by atoms with Crippen LogP contribution in [0.1, 0.15) is 39.4 Å². The molecule has 0 saturated carbocycles. The summed E-state index contributed by atoms with van der Waals surface area (Å²) >= 11 is 0. The van der Waals surface area contributed by atoms with Crippen LogP contribution in [-0.2, 0) is 5.41 Å². The smallest absolute Gasteiger partial charge is 0.136 e. The van der Waals surface area contributed by atoms with Crippen molar-refractivity contribution in [2.75, 3.05) is 14.2 Å². The fourth-order valence-electron chi connectivity index (χ4n) is 5.45. The largest absolute Gasteiger partial charge is 0.497 e. The van der Waals surface area contributed by atoms with Gasteiger partial charge in [-0.05, 0) is 72.5 Å². The van der Waals surface area contributed by atoms with Crippen molar-refractivity contribution < 1.29 is 9.47 Å². The van der Waals surface area contributed by atoms with E-state index in [-0.39, 0.29) is 0 Å². The summed E-state index contributed by atoms with van der Waals surface area (Å²) in [7, 11) is 3.28. The lowest BCUT2D eigenvalue weighted by molar-refractivity contribution is 0.244. The fraction of sp³-hybridized carbons (Fsp3) is 0.176. The van der Waals surface area contributed by atoms with Crippen LogP contribution in [0, 0.1) is 25.2 Å². The highest BCUT2D eigenvalue weighted by molar-refractivity contribution is 5.80. The van der Waals surface area contributed by atoms with Crippen molar-refractivity contribution in [2.24, 2.45) is 10.8 Å². The van der Waals surface area contributed by atoms with E-state index in [1.165, 1.54) is 0 Å². The van der Waals surface area contributed by atoms with Crippen LogP contribution in [0.5, 0.6) is 11.5 Å². The Morgan fingerprint density at radius 3 is 1.70 bits per heavy atom. The van der Waals surface area contributed by atoms with Crippen LogP contribution in [-0.4, -0.2) is 25.4 Å². The Balaban J connectivity index is 1.78. The molecule has 2 N–H and O–H groups in total. The molecule has 1 aliphatic heterocycles. The summed E-state index contributed by atoms with van der Waals surface area (Å²) in [5, 5.41) is 17.4. The Labute approximate surface area is 235 Å². The normalized spacial score (nSPS) is 16.3.